The molecule has 3 N–H and O–H groups in total. The lowest BCUT2D eigenvalue weighted by atomic mass is 9.86. The zero-order chi connectivity index (χ0) is 13.6. The smallest absolute Gasteiger partial charge is 0.328 e. The summed E-state index contributed by atoms with van der Waals surface area (Å²) < 4.78 is 4.67. The van der Waals surface area contributed by atoms with E-state index in [1.54, 1.807) is 6.92 Å². The van der Waals surface area contributed by atoms with Gasteiger partial charge in [0.25, 0.3) is 0 Å². The highest BCUT2D eigenvalue weighted by Gasteiger charge is 2.34. The molecule has 5 nitrogen and oxygen atoms in total. The third-order valence-corrected chi connectivity index (χ3v) is 3.19. The predicted molar refractivity (Wildman–Crippen MR) is 66.2 cm³/mol. The molecule has 0 saturated carbocycles. The normalized spacial score (nSPS) is 16.2. The average molecular weight is 244 g/mol. The molecule has 0 heterocycles. The van der Waals surface area contributed by atoms with Gasteiger partial charge in [0, 0.05) is 6.54 Å². The van der Waals surface area contributed by atoms with Crippen molar-refractivity contribution in [3.05, 3.63) is 0 Å². The van der Waals surface area contributed by atoms with Gasteiger partial charge in [0.1, 0.15) is 6.04 Å². The van der Waals surface area contributed by atoms with Gasteiger partial charge in [0.2, 0.25) is 5.91 Å². The lowest BCUT2D eigenvalue weighted by molar-refractivity contribution is -0.147. The Morgan fingerprint density at radius 2 is 1.94 bits per heavy atom. The summed E-state index contributed by atoms with van der Waals surface area (Å²) in [6.45, 7) is 7.65. The summed E-state index contributed by atoms with van der Waals surface area (Å²) in [5.74, 6) is -0.652. The highest BCUT2D eigenvalue weighted by atomic mass is 16.5. The van der Waals surface area contributed by atoms with Crippen molar-refractivity contribution in [1.29, 1.82) is 0 Å². The minimum Gasteiger partial charge on any atom is -0.467 e. The Labute approximate surface area is 103 Å². The first-order valence-electron chi connectivity index (χ1n) is 5.91. The Kier molecular flexibility index (Phi) is 6.16. The Hall–Kier alpha value is -1.10. The van der Waals surface area contributed by atoms with Crippen LogP contribution in [0.5, 0.6) is 0 Å². The highest BCUT2D eigenvalue weighted by molar-refractivity contribution is 5.88. The minimum atomic E-state index is -0.638. The molecule has 0 aliphatic heterocycles. The van der Waals surface area contributed by atoms with Gasteiger partial charge >= 0.3 is 5.97 Å². The van der Waals surface area contributed by atoms with Gasteiger partial charge in [-0.25, -0.2) is 4.79 Å². The summed E-state index contributed by atoms with van der Waals surface area (Å²) in [5.41, 5.74) is 4.96. The molecule has 5 heteroatoms. The second-order valence-corrected chi connectivity index (χ2v) is 4.84. The number of hydrogen-bond acceptors (Lipinski definition) is 4. The first-order valence-corrected chi connectivity index (χ1v) is 5.91. The molecule has 0 aliphatic rings. The molecule has 0 radical (unpaired) electrons. The van der Waals surface area contributed by atoms with E-state index < -0.39 is 17.4 Å². The number of carbonyl (C=O) groups is 2. The van der Waals surface area contributed by atoms with Crippen LogP contribution in [0.3, 0.4) is 0 Å². The van der Waals surface area contributed by atoms with Gasteiger partial charge in [-0.1, -0.05) is 20.8 Å². The van der Waals surface area contributed by atoms with Crippen molar-refractivity contribution in [3.63, 3.8) is 0 Å². The van der Waals surface area contributed by atoms with E-state index in [1.165, 1.54) is 7.11 Å². The molecule has 0 aliphatic carbocycles. The van der Waals surface area contributed by atoms with Crippen molar-refractivity contribution >= 4 is 11.9 Å². The van der Waals surface area contributed by atoms with Gasteiger partial charge in [0.05, 0.1) is 12.5 Å². The van der Waals surface area contributed by atoms with Crippen molar-refractivity contribution in [2.45, 2.75) is 40.2 Å². The van der Waals surface area contributed by atoms with Crippen molar-refractivity contribution in [1.82, 2.24) is 5.32 Å². The lowest BCUT2D eigenvalue weighted by Gasteiger charge is -2.28. The van der Waals surface area contributed by atoms with Gasteiger partial charge in [-0.05, 0) is 19.3 Å². The van der Waals surface area contributed by atoms with Crippen LogP contribution in [0.2, 0.25) is 0 Å². The molecule has 2 atom stereocenters. The first kappa shape index (κ1) is 15.9. The van der Waals surface area contributed by atoms with Crippen molar-refractivity contribution < 1.29 is 14.3 Å². The second kappa shape index (κ2) is 6.59. The number of methoxy groups -OCH3 is 1. The summed E-state index contributed by atoms with van der Waals surface area (Å²) in [6.07, 6.45) is 0.626. The minimum absolute atomic E-state index is 0.0229. The fourth-order valence-electron chi connectivity index (χ4n) is 1.34. The van der Waals surface area contributed by atoms with Crippen molar-refractivity contribution in [2.75, 3.05) is 13.7 Å². The maximum atomic E-state index is 12.1. The molecule has 0 aromatic rings. The zero-order valence-corrected chi connectivity index (χ0v) is 11.4. The van der Waals surface area contributed by atoms with Crippen LogP contribution in [-0.4, -0.2) is 31.6 Å². The van der Waals surface area contributed by atoms with Crippen LogP contribution >= 0.6 is 0 Å². The molecule has 0 bridgehead atoms. The second-order valence-electron chi connectivity index (χ2n) is 4.84. The van der Waals surface area contributed by atoms with E-state index in [1.807, 2.05) is 20.8 Å². The van der Waals surface area contributed by atoms with Crippen LogP contribution in [0.15, 0.2) is 0 Å². The van der Waals surface area contributed by atoms with Crippen LogP contribution in [0.4, 0.5) is 0 Å². The molecule has 1 unspecified atom stereocenters. The summed E-state index contributed by atoms with van der Waals surface area (Å²) >= 11 is 0. The number of amides is 1. The number of ether oxygens (including phenoxy) is 1. The monoisotopic (exact) mass is 244 g/mol. The molecule has 0 rings (SSSR count). The van der Waals surface area contributed by atoms with Crippen LogP contribution < -0.4 is 11.1 Å². The highest BCUT2D eigenvalue weighted by Crippen LogP contribution is 2.20. The Morgan fingerprint density at radius 1 is 1.41 bits per heavy atom. The average Bonchev–Trinajstić information content (AvgIpc) is 2.33. The fraction of sp³-hybridized carbons (Fsp3) is 0.833. The molecular formula is C12H24N2O3. The molecular weight excluding hydrogens is 220 g/mol. The van der Waals surface area contributed by atoms with E-state index >= 15 is 0 Å². The van der Waals surface area contributed by atoms with Gasteiger partial charge in [-0.15, -0.1) is 0 Å². The SMILES string of the molecule is CCC(C)(CN)C(=O)N[C@H](C(=O)OC)C(C)C. The van der Waals surface area contributed by atoms with Crippen molar-refractivity contribution in [3.8, 4) is 0 Å². The molecule has 0 spiro atoms. The third kappa shape index (κ3) is 4.00. The maximum absolute atomic E-state index is 12.1. The van der Waals surface area contributed by atoms with E-state index in [9.17, 15) is 9.59 Å². The topological polar surface area (TPSA) is 81.4 Å². The number of rotatable bonds is 6. The van der Waals surface area contributed by atoms with Crippen LogP contribution in [-0.2, 0) is 14.3 Å². The molecule has 0 aromatic carbocycles. The number of carbonyl (C=O) groups excluding carboxylic acids is 2. The molecule has 0 aromatic heterocycles. The summed E-state index contributed by atoms with van der Waals surface area (Å²) in [5, 5.41) is 2.72. The quantitative estimate of drug-likeness (QED) is 0.673. The van der Waals surface area contributed by atoms with E-state index in [0.29, 0.717) is 6.42 Å². The number of esters is 1. The fourth-order valence-corrected chi connectivity index (χ4v) is 1.34. The molecule has 1 amide bonds. The number of hydrogen-bond donors (Lipinski definition) is 2. The summed E-state index contributed by atoms with van der Waals surface area (Å²) in [6, 6.07) is -0.620. The standard InChI is InChI=1S/C12H24N2O3/c1-6-12(4,7-13)11(16)14-9(8(2)3)10(15)17-5/h8-9H,6-7,13H2,1-5H3,(H,14,16)/t9-,12?/m0/s1. The van der Waals surface area contributed by atoms with Crippen molar-refractivity contribution in [2.24, 2.45) is 17.1 Å². The van der Waals surface area contributed by atoms with E-state index in [0.717, 1.165) is 0 Å². The van der Waals surface area contributed by atoms with Crippen LogP contribution in [0.25, 0.3) is 0 Å². The Morgan fingerprint density at radius 3 is 2.24 bits per heavy atom. The summed E-state index contributed by atoms with van der Waals surface area (Å²) in [4.78, 5) is 23.6. The Bertz CT molecular complexity index is 273. The van der Waals surface area contributed by atoms with Crippen LogP contribution in [0.1, 0.15) is 34.1 Å². The van der Waals surface area contributed by atoms with Gasteiger partial charge < -0.3 is 15.8 Å². The third-order valence-electron chi connectivity index (χ3n) is 3.19. The predicted octanol–water partition coefficient (Wildman–Crippen LogP) is 0.675. The van der Waals surface area contributed by atoms with E-state index in [-0.39, 0.29) is 18.4 Å². The number of nitrogens with two attached hydrogens (primary N) is 1. The maximum Gasteiger partial charge on any atom is 0.328 e. The van der Waals surface area contributed by atoms with E-state index in [4.69, 9.17) is 5.73 Å². The summed E-state index contributed by atoms with van der Waals surface area (Å²) in [7, 11) is 1.31. The van der Waals surface area contributed by atoms with Gasteiger partial charge in [0.15, 0.2) is 0 Å². The molecule has 17 heavy (non-hydrogen) atoms. The zero-order valence-electron chi connectivity index (χ0n) is 11.4. The van der Waals surface area contributed by atoms with Gasteiger partial charge in [-0.3, -0.25) is 4.79 Å². The molecule has 0 fully saturated rings. The number of nitrogens with one attached hydrogen (secondary N) is 1. The first-order chi connectivity index (χ1) is 7.82. The van der Waals surface area contributed by atoms with E-state index in [2.05, 4.69) is 10.1 Å². The lowest BCUT2D eigenvalue weighted by Crippen LogP contribution is -2.52. The van der Waals surface area contributed by atoms with Crippen LogP contribution in [0, 0.1) is 11.3 Å². The molecule has 100 valence electrons. The largest absolute Gasteiger partial charge is 0.467 e. The molecule has 0 saturated heterocycles. The van der Waals surface area contributed by atoms with Gasteiger partial charge in [-0.2, -0.15) is 0 Å². The Balaban J connectivity index is 4.78.